The number of hydrogen-bond donors (Lipinski definition) is 2. The number of carbonyl (C=O) groups is 2. The fourth-order valence-corrected chi connectivity index (χ4v) is 6.31. The van der Waals surface area contributed by atoms with E-state index < -0.39 is 25.3 Å². The van der Waals surface area contributed by atoms with Crippen LogP contribution in [0.15, 0.2) is 66.7 Å². The second-order valence-corrected chi connectivity index (χ2v) is 12.7. The molecule has 2 N–H and O–H groups in total. The third kappa shape index (κ3) is 8.98. The lowest BCUT2D eigenvalue weighted by Gasteiger charge is -2.29. The van der Waals surface area contributed by atoms with Gasteiger partial charge in [-0.1, -0.05) is 59.9 Å². The van der Waals surface area contributed by atoms with Crippen LogP contribution in [-0.2, 0) is 14.2 Å². The lowest BCUT2D eigenvalue weighted by Crippen LogP contribution is -2.48. The maximum atomic E-state index is 14.6. The maximum Gasteiger partial charge on any atom is 0.453 e. The van der Waals surface area contributed by atoms with Crippen LogP contribution in [0.1, 0.15) is 19.8 Å². The quantitative estimate of drug-likeness (QED) is 0.128. The van der Waals surface area contributed by atoms with E-state index in [2.05, 4.69) is 10.6 Å². The van der Waals surface area contributed by atoms with E-state index in [0.29, 0.717) is 23.6 Å². The Labute approximate surface area is 252 Å². The zero-order valence-corrected chi connectivity index (χ0v) is 25.6. The van der Waals surface area contributed by atoms with Crippen LogP contribution in [0.3, 0.4) is 0 Å². The third-order valence-corrected chi connectivity index (χ3v) is 9.09. The lowest BCUT2D eigenvalue weighted by molar-refractivity contribution is -0.125. The molecule has 40 heavy (non-hydrogen) atoms. The van der Waals surface area contributed by atoms with Gasteiger partial charge in [-0.2, -0.15) is 11.8 Å². The minimum absolute atomic E-state index is 0.0135. The number of hydrogen-bond acceptors (Lipinski definition) is 7. The summed E-state index contributed by atoms with van der Waals surface area (Å²) in [5.74, 6) is -0.399. The average Bonchev–Trinajstić information content (AvgIpc) is 2.93. The number of amides is 2. The first kappa shape index (κ1) is 32.0. The fraction of sp³-hybridized carbons (Fsp3) is 0.259. The van der Waals surface area contributed by atoms with E-state index in [0.717, 1.165) is 0 Å². The molecular weight excluding hydrogens is 618 g/mol. The number of rotatable bonds is 15. The van der Waals surface area contributed by atoms with Gasteiger partial charge in [-0.3, -0.25) is 9.59 Å². The Morgan fingerprint density at radius 3 is 2.30 bits per heavy atom. The molecule has 0 bridgehead atoms. The highest BCUT2D eigenvalue weighted by molar-refractivity contribution is 7.98. The van der Waals surface area contributed by atoms with Crippen LogP contribution in [0.4, 0.5) is 0 Å². The molecule has 0 aliphatic rings. The van der Waals surface area contributed by atoms with E-state index in [4.69, 9.17) is 48.6 Å². The van der Waals surface area contributed by atoms with Gasteiger partial charge in [0.05, 0.1) is 5.02 Å². The number of carbonyl (C=O) groups excluding carboxylic acids is 2. The average molecular weight is 646 g/mol. The number of halogens is 3. The van der Waals surface area contributed by atoms with E-state index in [1.165, 1.54) is 30.0 Å². The summed E-state index contributed by atoms with van der Waals surface area (Å²) in [5, 5.41) is 6.21. The molecule has 0 saturated heterocycles. The summed E-state index contributed by atoms with van der Waals surface area (Å²) in [6, 6.07) is 16.8. The molecule has 3 aromatic carbocycles. The van der Waals surface area contributed by atoms with E-state index in [1.54, 1.807) is 55.5 Å². The Balaban J connectivity index is 2.00. The maximum absolute atomic E-state index is 14.6. The van der Waals surface area contributed by atoms with Crippen LogP contribution in [0.2, 0.25) is 15.1 Å². The summed E-state index contributed by atoms with van der Waals surface area (Å²) < 4.78 is 32.5. The van der Waals surface area contributed by atoms with Gasteiger partial charge in [0.1, 0.15) is 17.5 Å². The molecule has 13 heteroatoms. The SMILES string of the molecule is CCC(NC(=O)[C@H](CCSC)NC=O)P(=O)(Oc1ccccc1)Oc1cc(Cl)ccc1Oc1cc(Cl)ccc1Cl. The second kappa shape index (κ2) is 15.5. The van der Waals surface area contributed by atoms with Gasteiger partial charge >= 0.3 is 7.60 Å². The highest BCUT2D eigenvalue weighted by Crippen LogP contribution is 2.55. The first-order valence-electron chi connectivity index (χ1n) is 12.1. The summed E-state index contributed by atoms with van der Waals surface area (Å²) in [6.07, 6.45) is 2.89. The summed E-state index contributed by atoms with van der Waals surface area (Å²) >= 11 is 20.2. The number of thioether (sulfide) groups is 1. The third-order valence-electron chi connectivity index (χ3n) is 5.49. The molecule has 0 aromatic heterocycles. The minimum atomic E-state index is -4.24. The van der Waals surface area contributed by atoms with Crippen molar-refractivity contribution >= 4 is 66.5 Å². The van der Waals surface area contributed by atoms with Gasteiger partial charge in [-0.15, -0.1) is 0 Å². The Morgan fingerprint density at radius 2 is 1.65 bits per heavy atom. The van der Waals surface area contributed by atoms with Gasteiger partial charge in [-0.05, 0) is 61.2 Å². The van der Waals surface area contributed by atoms with Crippen molar-refractivity contribution in [3.8, 4) is 23.0 Å². The molecule has 0 aliphatic heterocycles. The number of para-hydroxylation sites is 1. The van der Waals surface area contributed by atoms with Crippen molar-refractivity contribution in [2.75, 3.05) is 12.0 Å². The first-order valence-corrected chi connectivity index (χ1v) is 16.3. The molecule has 3 atom stereocenters. The van der Waals surface area contributed by atoms with E-state index >= 15 is 0 Å². The number of benzene rings is 3. The van der Waals surface area contributed by atoms with Crippen LogP contribution in [0.5, 0.6) is 23.0 Å². The van der Waals surface area contributed by atoms with Crippen LogP contribution >= 0.6 is 54.2 Å². The van der Waals surface area contributed by atoms with Gasteiger partial charge < -0.3 is 24.4 Å². The molecule has 0 radical (unpaired) electrons. The molecule has 3 aromatic rings. The molecule has 3 rings (SSSR count). The normalized spacial score (nSPS) is 13.8. The monoisotopic (exact) mass is 644 g/mol. The van der Waals surface area contributed by atoms with Crippen molar-refractivity contribution < 1.29 is 27.9 Å². The summed E-state index contributed by atoms with van der Waals surface area (Å²) in [6.45, 7) is 1.72. The molecule has 2 amide bonds. The fourth-order valence-electron chi connectivity index (χ4n) is 3.50. The van der Waals surface area contributed by atoms with Crippen LogP contribution in [-0.4, -0.2) is 36.2 Å². The standard InChI is InChI=1S/C27H28Cl3N2O6PS/c1-3-26(32-27(34)22(31-17-33)13-14-40-2)39(35,37-20-7-5-4-6-8-20)38-25-16-19(29)10-12-23(25)36-24-15-18(28)9-11-21(24)30/h4-12,15-17,22,26H,3,13-14H2,1-2H3,(H,31,33)(H,32,34)/t22-,26?,39?/m0/s1. The van der Waals surface area contributed by atoms with Crippen molar-refractivity contribution in [1.82, 2.24) is 10.6 Å². The second-order valence-electron chi connectivity index (χ2n) is 8.35. The summed E-state index contributed by atoms with van der Waals surface area (Å²) in [4.78, 5) is 24.3. The van der Waals surface area contributed by atoms with Gasteiger partial charge in [-0.25, -0.2) is 4.57 Å². The van der Waals surface area contributed by atoms with Crippen LogP contribution in [0.25, 0.3) is 0 Å². The molecule has 0 spiro atoms. The number of nitrogens with one attached hydrogen (secondary N) is 2. The van der Waals surface area contributed by atoms with Crippen LogP contribution < -0.4 is 24.4 Å². The molecule has 0 aliphatic carbocycles. The Hall–Kier alpha value is -2.55. The van der Waals surface area contributed by atoms with Crippen molar-refractivity contribution in [2.24, 2.45) is 0 Å². The number of ether oxygens (including phenoxy) is 1. The van der Waals surface area contributed by atoms with Gasteiger partial charge in [0, 0.05) is 22.2 Å². The minimum Gasteiger partial charge on any atom is -0.452 e. The van der Waals surface area contributed by atoms with Crippen molar-refractivity contribution in [3.63, 3.8) is 0 Å². The largest absolute Gasteiger partial charge is 0.453 e. The van der Waals surface area contributed by atoms with Crippen molar-refractivity contribution in [2.45, 2.75) is 31.6 Å². The molecular formula is C27H28Cl3N2O6PS. The van der Waals surface area contributed by atoms with E-state index in [9.17, 15) is 14.2 Å². The molecule has 0 fully saturated rings. The zero-order chi connectivity index (χ0) is 29.1. The van der Waals surface area contributed by atoms with Gasteiger partial charge in [0.25, 0.3) is 0 Å². The molecule has 0 saturated carbocycles. The van der Waals surface area contributed by atoms with Gasteiger partial charge in [0.15, 0.2) is 17.3 Å². The van der Waals surface area contributed by atoms with Crippen molar-refractivity contribution in [3.05, 3.63) is 81.8 Å². The highest BCUT2D eigenvalue weighted by Gasteiger charge is 2.41. The zero-order valence-electron chi connectivity index (χ0n) is 21.6. The molecule has 2 unspecified atom stereocenters. The first-order chi connectivity index (χ1) is 19.2. The topological polar surface area (TPSA) is 103 Å². The van der Waals surface area contributed by atoms with E-state index in [1.807, 2.05) is 6.26 Å². The van der Waals surface area contributed by atoms with Crippen molar-refractivity contribution in [1.29, 1.82) is 0 Å². The summed E-state index contributed by atoms with van der Waals surface area (Å²) in [7, 11) is -4.24. The highest BCUT2D eigenvalue weighted by atomic mass is 35.5. The summed E-state index contributed by atoms with van der Waals surface area (Å²) in [5.41, 5.74) is 0. The molecule has 0 heterocycles. The smallest absolute Gasteiger partial charge is 0.452 e. The Morgan fingerprint density at radius 1 is 0.975 bits per heavy atom. The lowest BCUT2D eigenvalue weighted by atomic mass is 10.2. The Bertz CT molecular complexity index is 1350. The molecule has 8 nitrogen and oxygen atoms in total. The van der Waals surface area contributed by atoms with Gasteiger partial charge in [0.2, 0.25) is 12.3 Å². The molecule has 214 valence electrons. The Kier molecular flexibility index (Phi) is 12.3. The predicted octanol–water partition coefficient (Wildman–Crippen LogP) is 7.81. The van der Waals surface area contributed by atoms with Crippen LogP contribution in [0, 0.1) is 0 Å². The predicted molar refractivity (Wildman–Crippen MR) is 162 cm³/mol. The van der Waals surface area contributed by atoms with E-state index in [-0.39, 0.29) is 39.5 Å².